The van der Waals surface area contributed by atoms with Gasteiger partial charge in [-0.2, -0.15) is 0 Å². The van der Waals surface area contributed by atoms with Gasteiger partial charge in [0.25, 0.3) is 0 Å². The van der Waals surface area contributed by atoms with Gasteiger partial charge in [0.05, 0.1) is 13.1 Å². The number of phenols is 2. The fourth-order valence-electron chi connectivity index (χ4n) is 6.97. The third kappa shape index (κ3) is 24.9. The van der Waals surface area contributed by atoms with Crippen LogP contribution in [0, 0.1) is 0 Å². The highest BCUT2D eigenvalue weighted by molar-refractivity contribution is 5.86. The number of aryl methyl sites for hydroxylation is 2. The average molecular weight is 946 g/mol. The van der Waals surface area contributed by atoms with Crippen molar-refractivity contribution in [3.8, 4) is 11.5 Å². The van der Waals surface area contributed by atoms with Gasteiger partial charge in [0.15, 0.2) is 0 Å². The van der Waals surface area contributed by atoms with Crippen molar-refractivity contribution in [3.05, 3.63) is 58.7 Å². The first-order valence-corrected chi connectivity index (χ1v) is 22.0. The SMILES string of the molecule is O=C(O)CCc1ccc(O)c(CN(CCN(CC(=O)O)Cc2cc(CCC(=O)CCCCCCC(=O)NCCCC[C@H](NC(=O)N[C@@H](CCC(=O)O)C(=O)O)C(=O)O)ccc2O)CC(=O)O)c1. The van der Waals surface area contributed by atoms with E-state index in [2.05, 4.69) is 16.0 Å². The van der Waals surface area contributed by atoms with E-state index < -0.39 is 73.4 Å². The monoisotopic (exact) mass is 945 g/mol. The number of carboxylic acids is 6. The molecule has 0 radical (unpaired) electrons. The van der Waals surface area contributed by atoms with Crippen LogP contribution in [0.5, 0.6) is 11.5 Å². The normalized spacial score (nSPS) is 12.0. The van der Waals surface area contributed by atoms with E-state index in [0.29, 0.717) is 61.6 Å². The van der Waals surface area contributed by atoms with Crippen LogP contribution < -0.4 is 16.0 Å². The van der Waals surface area contributed by atoms with Crippen molar-refractivity contribution in [1.82, 2.24) is 25.8 Å². The third-order valence-corrected chi connectivity index (χ3v) is 10.6. The summed E-state index contributed by atoms with van der Waals surface area (Å²) < 4.78 is 0. The van der Waals surface area contributed by atoms with Gasteiger partial charge in [-0.25, -0.2) is 14.4 Å². The summed E-state index contributed by atoms with van der Waals surface area (Å²) in [4.78, 5) is 108. The molecule has 370 valence electrons. The van der Waals surface area contributed by atoms with E-state index in [0.717, 1.165) is 12.0 Å². The van der Waals surface area contributed by atoms with E-state index in [4.69, 9.17) is 10.2 Å². The van der Waals surface area contributed by atoms with E-state index >= 15 is 0 Å². The van der Waals surface area contributed by atoms with Crippen LogP contribution in [-0.4, -0.2) is 149 Å². The topological polar surface area (TPSA) is 358 Å². The number of unbranched alkanes of at least 4 members (excludes halogenated alkanes) is 4. The van der Waals surface area contributed by atoms with Crippen LogP contribution in [0.15, 0.2) is 36.4 Å². The number of benzene rings is 2. The molecule has 0 saturated heterocycles. The van der Waals surface area contributed by atoms with Gasteiger partial charge in [-0.3, -0.25) is 38.6 Å². The molecule has 2 atom stereocenters. The zero-order chi connectivity index (χ0) is 49.9. The van der Waals surface area contributed by atoms with Crippen molar-refractivity contribution in [2.45, 2.75) is 121 Å². The molecule has 0 aliphatic carbocycles. The minimum atomic E-state index is -1.52. The number of carboxylic acid groups (broad SMARTS) is 6. The number of amides is 3. The number of Topliss-reactive ketones (excluding diaryl/α,β-unsaturated/α-hetero) is 1. The number of nitrogens with zero attached hydrogens (tertiary/aromatic N) is 2. The Labute approximate surface area is 387 Å². The molecule has 2 aromatic rings. The number of aromatic hydroxyl groups is 2. The number of carbonyl (C=O) groups is 9. The van der Waals surface area contributed by atoms with Crippen LogP contribution in [-0.2, 0) is 64.3 Å². The number of rotatable bonds is 36. The minimum absolute atomic E-state index is 0.000333. The second kappa shape index (κ2) is 30.4. The Morgan fingerprint density at radius 3 is 1.46 bits per heavy atom. The van der Waals surface area contributed by atoms with Gasteiger partial charge in [0.1, 0.15) is 29.4 Å². The molecule has 3 amide bonds. The van der Waals surface area contributed by atoms with Crippen LogP contribution in [0.1, 0.15) is 106 Å². The van der Waals surface area contributed by atoms with E-state index in [-0.39, 0.29) is 94.4 Å². The van der Waals surface area contributed by atoms with E-state index in [9.17, 15) is 73.8 Å². The lowest BCUT2D eigenvalue weighted by Crippen LogP contribution is -2.51. The molecule has 2 aromatic carbocycles. The van der Waals surface area contributed by atoms with E-state index in [1.165, 1.54) is 21.9 Å². The van der Waals surface area contributed by atoms with Crippen molar-refractivity contribution >= 4 is 53.5 Å². The smallest absolute Gasteiger partial charge is 0.326 e. The van der Waals surface area contributed by atoms with Gasteiger partial charge < -0.3 is 56.8 Å². The van der Waals surface area contributed by atoms with Crippen molar-refractivity contribution in [1.29, 1.82) is 0 Å². The predicted molar refractivity (Wildman–Crippen MR) is 237 cm³/mol. The first-order chi connectivity index (χ1) is 31.7. The maximum Gasteiger partial charge on any atom is 0.326 e. The highest BCUT2D eigenvalue weighted by atomic mass is 16.4. The zero-order valence-corrected chi connectivity index (χ0v) is 37.3. The second-order valence-corrected chi connectivity index (χ2v) is 16.2. The number of hydrogen-bond acceptors (Lipinski definition) is 13. The van der Waals surface area contributed by atoms with Crippen LogP contribution in [0.3, 0.4) is 0 Å². The maximum absolute atomic E-state index is 12.7. The first kappa shape index (κ1) is 56.3. The van der Waals surface area contributed by atoms with Crippen molar-refractivity contribution in [2.24, 2.45) is 0 Å². The summed E-state index contributed by atoms with van der Waals surface area (Å²) in [6.45, 7) is -0.443. The van der Waals surface area contributed by atoms with Crippen molar-refractivity contribution in [2.75, 3.05) is 32.7 Å². The van der Waals surface area contributed by atoms with Gasteiger partial charge in [-0.05, 0) is 74.6 Å². The standard InChI is InChI=1S/C45H63N5O17/c51-33(7-3-1-2-4-9-38(54)46-20-6-5-8-34(43(63)64)47-45(67)48-35(44(65)66)15-19-40(57)58)14-10-29-11-16-36(52)31(23-29)25-49(27-41(59)60)21-22-50(28-42(61)62)26-32-24-30(12-17-37(32)53)13-18-39(55)56/h11-12,16-17,23-24,34-35,52-53H,1-10,13-15,18-22,25-28H2,(H,46,54)(H,55,56)(H,57,58)(H,59,60)(H,61,62)(H,63,64)(H,65,66)(H2,47,48,67)/t34-,35-/m0/s1. The van der Waals surface area contributed by atoms with E-state index in [1.54, 1.807) is 24.3 Å². The van der Waals surface area contributed by atoms with Gasteiger partial charge >= 0.3 is 41.8 Å². The fraction of sp³-hybridized carbons (Fsp3) is 0.533. The molecule has 0 fully saturated rings. The van der Waals surface area contributed by atoms with Crippen LogP contribution in [0.25, 0.3) is 0 Å². The number of urea groups is 1. The molecule has 0 heterocycles. The Balaban J connectivity index is 1.75. The molecule has 0 spiro atoms. The van der Waals surface area contributed by atoms with Crippen molar-refractivity contribution < 1.29 is 84.0 Å². The number of carbonyl (C=O) groups excluding carboxylic acids is 3. The molecule has 0 saturated carbocycles. The lowest BCUT2D eigenvalue weighted by atomic mass is 10.0. The fourth-order valence-corrected chi connectivity index (χ4v) is 6.97. The largest absolute Gasteiger partial charge is 0.508 e. The quantitative estimate of drug-likeness (QED) is 0.0437. The minimum Gasteiger partial charge on any atom is -0.508 e. The predicted octanol–water partition coefficient (Wildman–Crippen LogP) is 2.79. The summed E-state index contributed by atoms with van der Waals surface area (Å²) in [6, 6.07) is 5.51. The van der Waals surface area contributed by atoms with Gasteiger partial charge in [-0.1, -0.05) is 37.1 Å². The van der Waals surface area contributed by atoms with Crippen LogP contribution >= 0.6 is 0 Å². The molecule has 2 rings (SSSR count). The highest BCUT2D eigenvalue weighted by Crippen LogP contribution is 2.24. The Kier molecular flexibility index (Phi) is 25.6. The Morgan fingerprint density at radius 2 is 0.985 bits per heavy atom. The number of aliphatic carboxylic acids is 6. The summed E-state index contributed by atoms with van der Waals surface area (Å²) in [7, 11) is 0. The Bertz CT molecular complexity index is 2010. The summed E-state index contributed by atoms with van der Waals surface area (Å²) in [5.74, 6) is -7.71. The molecule has 0 aliphatic rings. The molecule has 22 heteroatoms. The lowest BCUT2D eigenvalue weighted by Gasteiger charge is -2.26. The molecular formula is C45H63N5O17. The molecule has 0 aliphatic heterocycles. The zero-order valence-electron chi connectivity index (χ0n) is 37.3. The van der Waals surface area contributed by atoms with E-state index in [1.807, 2.05) is 0 Å². The summed E-state index contributed by atoms with van der Waals surface area (Å²) in [5, 5.41) is 83.6. The Morgan fingerprint density at radius 1 is 0.507 bits per heavy atom. The number of phenolic OH excluding ortho intramolecular Hbond substituents is 2. The molecule has 0 aromatic heterocycles. The van der Waals surface area contributed by atoms with Gasteiger partial charge in [-0.15, -0.1) is 0 Å². The lowest BCUT2D eigenvalue weighted by molar-refractivity contribution is -0.141. The van der Waals surface area contributed by atoms with Crippen LogP contribution in [0.2, 0.25) is 0 Å². The second-order valence-electron chi connectivity index (χ2n) is 16.2. The average Bonchev–Trinajstić information content (AvgIpc) is 3.24. The highest BCUT2D eigenvalue weighted by Gasteiger charge is 2.25. The maximum atomic E-state index is 12.7. The molecule has 0 bridgehead atoms. The van der Waals surface area contributed by atoms with Crippen molar-refractivity contribution in [3.63, 3.8) is 0 Å². The first-order valence-electron chi connectivity index (χ1n) is 22.0. The number of ketones is 1. The molecular weight excluding hydrogens is 883 g/mol. The van der Waals surface area contributed by atoms with Crippen LogP contribution in [0.4, 0.5) is 4.79 Å². The summed E-state index contributed by atoms with van der Waals surface area (Å²) in [5.41, 5.74) is 2.19. The summed E-state index contributed by atoms with van der Waals surface area (Å²) in [6.07, 6.45) is 3.74. The molecule has 11 N–H and O–H groups in total. The van der Waals surface area contributed by atoms with Gasteiger partial charge in [0, 0.05) is 76.0 Å². The number of hydrogen-bond donors (Lipinski definition) is 11. The molecule has 67 heavy (non-hydrogen) atoms. The number of nitrogens with one attached hydrogen (secondary N) is 3. The molecule has 22 nitrogen and oxygen atoms in total. The summed E-state index contributed by atoms with van der Waals surface area (Å²) >= 11 is 0. The third-order valence-electron chi connectivity index (χ3n) is 10.6. The Hall–Kier alpha value is -6.81. The molecule has 0 unspecified atom stereocenters. The van der Waals surface area contributed by atoms with Gasteiger partial charge in [0.2, 0.25) is 5.91 Å².